The van der Waals surface area contributed by atoms with Crippen molar-refractivity contribution in [3.8, 4) is 5.75 Å². The van der Waals surface area contributed by atoms with Crippen molar-refractivity contribution in [3.05, 3.63) is 18.2 Å². The van der Waals surface area contributed by atoms with E-state index >= 15 is 0 Å². The van der Waals surface area contributed by atoms with Crippen LogP contribution < -0.4 is 4.74 Å². The Morgan fingerprint density at radius 3 is 2.50 bits per heavy atom. The minimum atomic E-state index is 0.578. The lowest BCUT2D eigenvalue weighted by Crippen LogP contribution is -2.08. The molecule has 0 bridgehead atoms. The molecule has 0 saturated heterocycles. The van der Waals surface area contributed by atoms with E-state index in [2.05, 4.69) is 16.9 Å². The quantitative estimate of drug-likeness (QED) is 0.780. The van der Waals surface area contributed by atoms with E-state index in [9.17, 15) is 0 Å². The van der Waals surface area contributed by atoms with Gasteiger partial charge in [0.2, 0.25) is 0 Å². The fraction of sp³-hybridized carbons (Fsp3) is 0.692. The smallest absolute Gasteiger partial charge is 0.155 e. The topological polar surface area (TPSA) is 35.0 Å². The van der Waals surface area contributed by atoms with E-state index in [1.165, 1.54) is 32.1 Å². The molecule has 0 atom stereocenters. The first-order valence-corrected chi connectivity index (χ1v) is 6.35. The highest BCUT2D eigenvalue weighted by Gasteiger charge is 2.17. The van der Waals surface area contributed by atoms with Crippen molar-refractivity contribution >= 4 is 0 Å². The molecule has 0 aromatic carbocycles. The molecule has 0 amide bonds. The van der Waals surface area contributed by atoms with Gasteiger partial charge < -0.3 is 4.74 Å². The van der Waals surface area contributed by atoms with Gasteiger partial charge in [-0.25, -0.2) is 9.97 Å². The SMILES string of the molecule is CCCOc1cnc(C2CCCCC2)nc1. The Kier molecular flexibility index (Phi) is 4.14. The Morgan fingerprint density at radius 2 is 1.88 bits per heavy atom. The van der Waals surface area contributed by atoms with Gasteiger partial charge in [0.1, 0.15) is 5.82 Å². The van der Waals surface area contributed by atoms with Gasteiger partial charge in [-0.15, -0.1) is 0 Å². The van der Waals surface area contributed by atoms with Crippen LogP contribution >= 0.6 is 0 Å². The highest BCUT2D eigenvalue weighted by Crippen LogP contribution is 2.30. The summed E-state index contributed by atoms with van der Waals surface area (Å²) in [5, 5.41) is 0. The summed E-state index contributed by atoms with van der Waals surface area (Å²) in [5.41, 5.74) is 0. The van der Waals surface area contributed by atoms with E-state index in [0.717, 1.165) is 24.6 Å². The molecule has 0 unspecified atom stereocenters. The molecular formula is C13H20N2O. The van der Waals surface area contributed by atoms with E-state index in [4.69, 9.17) is 4.74 Å². The number of hydrogen-bond acceptors (Lipinski definition) is 3. The van der Waals surface area contributed by atoms with Gasteiger partial charge in [0.05, 0.1) is 19.0 Å². The van der Waals surface area contributed by atoms with E-state index in [-0.39, 0.29) is 0 Å². The van der Waals surface area contributed by atoms with Crippen LogP contribution in [-0.4, -0.2) is 16.6 Å². The Balaban J connectivity index is 1.95. The van der Waals surface area contributed by atoms with Crippen molar-refractivity contribution in [2.75, 3.05) is 6.61 Å². The van der Waals surface area contributed by atoms with Crippen LogP contribution in [0.3, 0.4) is 0 Å². The zero-order valence-corrected chi connectivity index (χ0v) is 9.98. The maximum Gasteiger partial charge on any atom is 0.155 e. The van der Waals surface area contributed by atoms with Crippen LogP contribution in [0.15, 0.2) is 12.4 Å². The Morgan fingerprint density at radius 1 is 1.19 bits per heavy atom. The molecule has 1 aliphatic carbocycles. The molecule has 1 heterocycles. The van der Waals surface area contributed by atoms with Crippen LogP contribution in [0, 0.1) is 0 Å². The predicted molar refractivity (Wildman–Crippen MR) is 63.6 cm³/mol. The molecule has 0 radical (unpaired) electrons. The van der Waals surface area contributed by atoms with Crippen LogP contribution in [-0.2, 0) is 0 Å². The number of hydrogen-bond donors (Lipinski definition) is 0. The van der Waals surface area contributed by atoms with Gasteiger partial charge in [-0.05, 0) is 19.3 Å². The lowest BCUT2D eigenvalue weighted by Gasteiger charge is -2.19. The summed E-state index contributed by atoms with van der Waals surface area (Å²) in [6.07, 6.45) is 11.1. The maximum absolute atomic E-state index is 5.47. The van der Waals surface area contributed by atoms with E-state index in [1.54, 1.807) is 0 Å². The van der Waals surface area contributed by atoms with Crippen molar-refractivity contribution in [2.24, 2.45) is 0 Å². The highest BCUT2D eigenvalue weighted by atomic mass is 16.5. The van der Waals surface area contributed by atoms with Crippen molar-refractivity contribution in [3.63, 3.8) is 0 Å². The van der Waals surface area contributed by atoms with Gasteiger partial charge in [-0.3, -0.25) is 0 Å². The minimum absolute atomic E-state index is 0.578. The van der Waals surface area contributed by atoms with Crippen molar-refractivity contribution < 1.29 is 4.74 Å². The first kappa shape index (κ1) is 11.4. The predicted octanol–water partition coefficient (Wildman–Crippen LogP) is 3.31. The van der Waals surface area contributed by atoms with Gasteiger partial charge in [-0.2, -0.15) is 0 Å². The molecule has 3 heteroatoms. The van der Waals surface area contributed by atoms with Gasteiger partial charge in [0.25, 0.3) is 0 Å². The van der Waals surface area contributed by atoms with Gasteiger partial charge in [-0.1, -0.05) is 26.2 Å². The van der Waals surface area contributed by atoms with Crippen molar-refractivity contribution in [1.29, 1.82) is 0 Å². The molecule has 2 rings (SSSR count). The number of rotatable bonds is 4. The van der Waals surface area contributed by atoms with Crippen LogP contribution in [0.25, 0.3) is 0 Å². The van der Waals surface area contributed by atoms with E-state index in [0.29, 0.717) is 5.92 Å². The first-order valence-electron chi connectivity index (χ1n) is 6.35. The standard InChI is InChI=1S/C13H20N2O/c1-2-8-16-12-9-14-13(15-10-12)11-6-4-3-5-7-11/h9-11H,2-8H2,1H3. The normalized spacial score (nSPS) is 17.3. The van der Waals surface area contributed by atoms with Crippen LogP contribution in [0.5, 0.6) is 5.75 Å². The Labute approximate surface area is 97.3 Å². The molecule has 0 N–H and O–H groups in total. The van der Waals surface area contributed by atoms with Crippen LogP contribution in [0.4, 0.5) is 0 Å². The average molecular weight is 220 g/mol. The van der Waals surface area contributed by atoms with E-state index < -0.39 is 0 Å². The Hall–Kier alpha value is -1.12. The van der Waals surface area contributed by atoms with Gasteiger partial charge in [0.15, 0.2) is 5.75 Å². The summed E-state index contributed by atoms with van der Waals surface area (Å²) in [6, 6.07) is 0. The van der Waals surface area contributed by atoms with Crippen molar-refractivity contribution in [2.45, 2.75) is 51.4 Å². The number of ether oxygens (including phenoxy) is 1. The zero-order chi connectivity index (χ0) is 11.2. The molecule has 1 aromatic heterocycles. The lowest BCUT2D eigenvalue weighted by atomic mass is 9.89. The summed E-state index contributed by atoms with van der Waals surface area (Å²) in [5.74, 6) is 2.37. The number of nitrogens with zero attached hydrogens (tertiary/aromatic N) is 2. The average Bonchev–Trinajstić information content (AvgIpc) is 2.38. The van der Waals surface area contributed by atoms with Crippen molar-refractivity contribution in [1.82, 2.24) is 9.97 Å². The molecule has 3 nitrogen and oxygen atoms in total. The van der Waals surface area contributed by atoms with Gasteiger partial charge >= 0.3 is 0 Å². The monoisotopic (exact) mass is 220 g/mol. The molecule has 0 aliphatic heterocycles. The molecule has 1 aromatic rings. The second-order valence-corrected chi connectivity index (χ2v) is 4.46. The number of aromatic nitrogens is 2. The Bertz CT molecular complexity index is 304. The molecule has 1 fully saturated rings. The minimum Gasteiger partial charge on any atom is -0.490 e. The first-order chi connectivity index (χ1) is 7.90. The summed E-state index contributed by atoms with van der Waals surface area (Å²) >= 11 is 0. The molecule has 16 heavy (non-hydrogen) atoms. The summed E-state index contributed by atoms with van der Waals surface area (Å²) in [7, 11) is 0. The second-order valence-electron chi connectivity index (χ2n) is 4.46. The molecule has 0 spiro atoms. The zero-order valence-electron chi connectivity index (χ0n) is 9.98. The highest BCUT2D eigenvalue weighted by molar-refractivity contribution is 5.13. The summed E-state index contributed by atoms with van der Waals surface area (Å²) in [6.45, 7) is 2.84. The molecule has 88 valence electrons. The van der Waals surface area contributed by atoms with Gasteiger partial charge in [0, 0.05) is 5.92 Å². The lowest BCUT2D eigenvalue weighted by molar-refractivity contribution is 0.313. The fourth-order valence-corrected chi connectivity index (χ4v) is 2.19. The second kappa shape index (κ2) is 5.83. The third-order valence-electron chi connectivity index (χ3n) is 3.09. The maximum atomic E-state index is 5.47. The third-order valence-corrected chi connectivity index (χ3v) is 3.09. The molecule has 1 aliphatic rings. The van der Waals surface area contributed by atoms with E-state index in [1.807, 2.05) is 12.4 Å². The van der Waals surface area contributed by atoms with Crippen LogP contribution in [0.2, 0.25) is 0 Å². The molecule has 1 saturated carbocycles. The fourth-order valence-electron chi connectivity index (χ4n) is 2.19. The summed E-state index contributed by atoms with van der Waals surface area (Å²) < 4.78 is 5.47. The van der Waals surface area contributed by atoms with Crippen LogP contribution in [0.1, 0.15) is 57.2 Å². The summed E-state index contributed by atoms with van der Waals surface area (Å²) in [4.78, 5) is 8.84. The largest absolute Gasteiger partial charge is 0.490 e. The molecular weight excluding hydrogens is 200 g/mol. The third kappa shape index (κ3) is 2.94.